The molecule has 0 atom stereocenters. The summed E-state index contributed by atoms with van der Waals surface area (Å²) >= 11 is 5.85. The number of H-pyrrole nitrogens is 1. The van der Waals surface area contributed by atoms with Crippen molar-refractivity contribution >= 4 is 22.6 Å². The van der Waals surface area contributed by atoms with Gasteiger partial charge in [-0.3, -0.25) is 4.79 Å². The lowest BCUT2D eigenvalue weighted by Crippen LogP contribution is -2.12. The van der Waals surface area contributed by atoms with Crippen molar-refractivity contribution in [2.45, 2.75) is 0 Å². The Morgan fingerprint density at radius 1 is 1.33 bits per heavy atom. The van der Waals surface area contributed by atoms with E-state index >= 15 is 0 Å². The summed E-state index contributed by atoms with van der Waals surface area (Å²) in [6.07, 6.45) is 1.46. The van der Waals surface area contributed by atoms with Crippen molar-refractivity contribution in [2.24, 2.45) is 0 Å². The molecule has 0 saturated heterocycles. The summed E-state index contributed by atoms with van der Waals surface area (Å²) in [5.41, 5.74) is -0.182. The number of rotatable bonds is 2. The lowest BCUT2D eigenvalue weighted by Gasteiger charge is -2.06. The average molecular weight is 306 g/mol. The minimum absolute atomic E-state index is 0.0632. The summed E-state index contributed by atoms with van der Waals surface area (Å²) in [5.74, 6) is -0.120. The molecule has 0 aliphatic rings. The van der Waals surface area contributed by atoms with Crippen LogP contribution >= 0.6 is 11.6 Å². The Morgan fingerprint density at radius 2 is 2.14 bits per heavy atom. The smallest absolute Gasteiger partial charge is 0.264 e. The second kappa shape index (κ2) is 5.14. The van der Waals surface area contributed by atoms with E-state index in [4.69, 9.17) is 16.3 Å². The first-order chi connectivity index (χ1) is 10.1. The Balaban J connectivity index is 2.31. The van der Waals surface area contributed by atoms with Gasteiger partial charge < -0.3 is 9.72 Å². The van der Waals surface area contributed by atoms with Crippen LogP contribution in [0.15, 0.2) is 35.3 Å². The van der Waals surface area contributed by atoms with Gasteiger partial charge in [-0.25, -0.2) is 14.4 Å². The van der Waals surface area contributed by atoms with Crippen molar-refractivity contribution in [3.8, 4) is 17.1 Å². The summed E-state index contributed by atoms with van der Waals surface area (Å²) in [5, 5.41) is 0.555. The molecule has 0 amide bonds. The lowest BCUT2D eigenvalue weighted by atomic mass is 10.2. The number of halogens is 2. The van der Waals surface area contributed by atoms with E-state index in [0.29, 0.717) is 10.8 Å². The van der Waals surface area contributed by atoms with Gasteiger partial charge in [0.2, 0.25) is 0 Å². The molecular weight excluding hydrogens is 297 g/mol. The quantitative estimate of drug-likeness (QED) is 0.790. The first-order valence-corrected chi connectivity index (χ1v) is 6.36. The Hall–Kier alpha value is -2.47. The van der Waals surface area contributed by atoms with Crippen molar-refractivity contribution < 1.29 is 9.13 Å². The maximum absolute atomic E-state index is 13.9. The van der Waals surface area contributed by atoms with E-state index in [-0.39, 0.29) is 22.4 Å². The van der Waals surface area contributed by atoms with Crippen LogP contribution in [0.25, 0.3) is 22.4 Å². The number of ether oxygens (including phenoxy) is 1. The number of benzene rings is 1. The maximum Gasteiger partial charge on any atom is 0.264 e. The molecule has 3 rings (SSSR count). The lowest BCUT2D eigenvalue weighted by molar-refractivity contribution is 0.419. The molecule has 0 aliphatic carbocycles. The van der Waals surface area contributed by atoms with Crippen molar-refractivity contribution in [3.63, 3.8) is 0 Å². The molecular formula is C14H9ClFN3O2. The van der Waals surface area contributed by atoms with E-state index < -0.39 is 11.4 Å². The van der Waals surface area contributed by atoms with E-state index in [1.165, 1.54) is 31.5 Å². The Labute approximate surface area is 123 Å². The zero-order chi connectivity index (χ0) is 15.0. The van der Waals surface area contributed by atoms with E-state index in [9.17, 15) is 9.18 Å². The third-order valence-electron chi connectivity index (χ3n) is 2.97. The summed E-state index contributed by atoms with van der Waals surface area (Å²) < 4.78 is 19.0. The van der Waals surface area contributed by atoms with Crippen molar-refractivity contribution in [2.75, 3.05) is 7.11 Å². The molecule has 5 nitrogen and oxygen atoms in total. The van der Waals surface area contributed by atoms with Crippen LogP contribution in [0.1, 0.15) is 0 Å². The number of methoxy groups -OCH3 is 1. The third-order valence-corrected chi connectivity index (χ3v) is 3.21. The van der Waals surface area contributed by atoms with E-state index in [1.54, 1.807) is 6.07 Å². The number of nitrogens with one attached hydrogen (secondary N) is 1. The second-order valence-corrected chi connectivity index (χ2v) is 4.69. The number of pyridine rings is 1. The molecule has 21 heavy (non-hydrogen) atoms. The Bertz CT molecular complexity index is 895. The van der Waals surface area contributed by atoms with Crippen LogP contribution in [0.4, 0.5) is 4.39 Å². The molecule has 0 unspecified atom stereocenters. The highest BCUT2D eigenvalue weighted by atomic mass is 35.5. The molecule has 1 N–H and O–H groups in total. The fraction of sp³-hybridized carbons (Fsp3) is 0.0714. The molecule has 0 bridgehead atoms. The molecule has 7 heteroatoms. The van der Waals surface area contributed by atoms with Gasteiger partial charge in [0.1, 0.15) is 22.8 Å². The standard InChI is InChI=1S/C14H9ClFN3O2/c1-21-10-4-5-17-13-11(10)14(20)19-12(18-13)8-6-7(15)2-3-9(8)16/h2-6H,1H3,(H,17,18,19,20). The van der Waals surface area contributed by atoms with Gasteiger partial charge in [-0.05, 0) is 24.3 Å². The maximum atomic E-state index is 13.9. The monoisotopic (exact) mass is 305 g/mol. The zero-order valence-electron chi connectivity index (χ0n) is 10.9. The van der Waals surface area contributed by atoms with Gasteiger partial charge in [-0.15, -0.1) is 0 Å². The number of aromatic amines is 1. The molecule has 0 saturated carbocycles. The second-order valence-electron chi connectivity index (χ2n) is 4.25. The highest BCUT2D eigenvalue weighted by Crippen LogP contribution is 2.25. The molecule has 3 aromatic rings. The highest BCUT2D eigenvalue weighted by molar-refractivity contribution is 6.30. The molecule has 2 heterocycles. The van der Waals surface area contributed by atoms with Crippen molar-refractivity contribution in [1.29, 1.82) is 0 Å². The SMILES string of the molecule is COc1ccnc2nc(-c3cc(Cl)ccc3F)[nH]c(=O)c12. The van der Waals surface area contributed by atoms with Crippen LogP contribution < -0.4 is 10.3 Å². The first kappa shape index (κ1) is 13.5. The van der Waals surface area contributed by atoms with Gasteiger partial charge in [0, 0.05) is 11.2 Å². The van der Waals surface area contributed by atoms with Crippen molar-refractivity contribution in [3.05, 3.63) is 51.7 Å². The van der Waals surface area contributed by atoms with Crippen molar-refractivity contribution in [1.82, 2.24) is 15.0 Å². The first-order valence-electron chi connectivity index (χ1n) is 5.98. The molecule has 0 radical (unpaired) electrons. The number of aromatic nitrogens is 3. The topological polar surface area (TPSA) is 67.9 Å². The summed E-state index contributed by atoms with van der Waals surface area (Å²) in [4.78, 5) is 22.9. The largest absolute Gasteiger partial charge is 0.496 e. The van der Waals surface area contributed by atoms with Crippen LogP contribution in [0.2, 0.25) is 5.02 Å². The molecule has 0 fully saturated rings. The van der Waals surface area contributed by atoms with Crippen LogP contribution in [0.5, 0.6) is 5.75 Å². The molecule has 2 aromatic heterocycles. The normalized spacial score (nSPS) is 10.8. The van der Waals surface area contributed by atoms with E-state index in [2.05, 4.69) is 15.0 Å². The zero-order valence-corrected chi connectivity index (χ0v) is 11.6. The van der Waals surface area contributed by atoms with Crippen LogP contribution in [-0.2, 0) is 0 Å². The predicted octanol–water partition coefficient (Wildman–Crippen LogP) is 2.79. The van der Waals surface area contributed by atoms with Gasteiger partial charge in [0.15, 0.2) is 5.65 Å². The number of hydrogen-bond donors (Lipinski definition) is 1. The van der Waals surface area contributed by atoms with Gasteiger partial charge >= 0.3 is 0 Å². The molecule has 0 aliphatic heterocycles. The number of nitrogens with zero attached hydrogens (tertiary/aromatic N) is 2. The number of fused-ring (bicyclic) bond motifs is 1. The predicted molar refractivity (Wildman–Crippen MR) is 77.1 cm³/mol. The molecule has 0 spiro atoms. The van der Waals surface area contributed by atoms with E-state index in [1.807, 2.05) is 0 Å². The van der Waals surface area contributed by atoms with Crippen LogP contribution in [0.3, 0.4) is 0 Å². The minimum Gasteiger partial charge on any atom is -0.496 e. The average Bonchev–Trinajstić information content (AvgIpc) is 2.48. The summed E-state index contributed by atoms with van der Waals surface area (Å²) in [7, 11) is 1.44. The van der Waals surface area contributed by atoms with E-state index in [0.717, 1.165) is 0 Å². The third kappa shape index (κ3) is 2.34. The van der Waals surface area contributed by atoms with Gasteiger partial charge in [-0.2, -0.15) is 0 Å². The summed E-state index contributed by atoms with van der Waals surface area (Å²) in [6.45, 7) is 0. The minimum atomic E-state index is -0.537. The van der Waals surface area contributed by atoms with Gasteiger partial charge in [-0.1, -0.05) is 11.6 Å². The molecule has 1 aromatic carbocycles. The van der Waals surface area contributed by atoms with Crippen LogP contribution in [0, 0.1) is 5.82 Å². The van der Waals surface area contributed by atoms with Crippen LogP contribution in [-0.4, -0.2) is 22.1 Å². The Morgan fingerprint density at radius 3 is 2.90 bits per heavy atom. The Kier molecular flexibility index (Phi) is 3.31. The molecule has 106 valence electrons. The highest BCUT2D eigenvalue weighted by Gasteiger charge is 2.14. The fourth-order valence-corrected chi connectivity index (χ4v) is 2.18. The fourth-order valence-electron chi connectivity index (χ4n) is 2.01. The van der Waals surface area contributed by atoms with Gasteiger partial charge in [0.25, 0.3) is 5.56 Å². The number of hydrogen-bond acceptors (Lipinski definition) is 4. The summed E-state index contributed by atoms with van der Waals surface area (Å²) in [6, 6.07) is 5.57. The van der Waals surface area contributed by atoms with Gasteiger partial charge in [0.05, 0.1) is 12.7 Å².